The molecule has 0 spiro atoms. The van der Waals surface area contributed by atoms with Gasteiger partial charge in [0.2, 0.25) is 0 Å². The van der Waals surface area contributed by atoms with E-state index in [2.05, 4.69) is 5.10 Å². The van der Waals surface area contributed by atoms with Crippen LogP contribution in [0, 0.1) is 0 Å². The fourth-order valence-electron chi connectivity index (χ4n) is 1.74. The molecule has 6 nitrogen and oxygen atoms in total. The summed E-state index contributed by atoms with van der Waals surface area (Å²) in [6, 6.07) is 3.19. The smallest absolute Gasteiger partial charge is 0.352 e. The zero-order valence-corrected chi connectivity index (χ0v) is 10.1. The monoisotopic (exact) mass is 247 g/mol. The number of Topliss-reactive ketones (excluding diaryl/α,β-unsaturated/α-hetero) is 1. The summed E-state index contributed by atoms with van der Waals surface area (Å²) in [5.74, 6) is -1.20. The second-order valence-corrected chi connectivity index (χ2v) is 4.05. The van der Waals surface area contributed by atoms with Gasteiger partial charge in [0.25, 0.3) is 0 Å². The summed E-state index contributed by atoms with van der Waals surface area (Å²) in [6.45, 7) is 1.78. The van der Waals surface area contributed by atoms with E-state index in [9.17, 15) is 9.59 Å². The van der Waals surface area contributed by atoms with Gasteiger partial charge in [-0.25, -0.2) is 4.79 Å². The largest absolute Gasteiger partial charge is 0.477 e. The van der Waals surface area contributed by atoms with Crippen molar-refractivity contribution < 1.29 is 14.7 Å². The predicted molar refractivity (Wildman–Crippen MR) is 63.7 cm³/mol. The number of carbonyl (C=O) groups excluding carboxylic acids is 1. The molecule has 6 heteroatoms. The van der Waals surface area contributed by atoms with E-state index in [1.54, 1.807) is 30.2 Å². The van der Waals surface area contributed by atoms with Crippen LogP contribution in [-0.4, -0.2) is 31.2 Å². The van der Waals surface area contributed by atoms with Crippen molar-refractivity contribution in [2.24, 2.45) is 7.05 Å². The SMILES string of the molecule is CC(=O)c1cc(C(=O)O)n(Cc2ccnn2C)c1. The summed E-state index contributed by atoms with van der Waals surface area (Å²) in [5, 5.41) is 13.1. The van der Waals surface area contributed by atoms with Crippen LogP contribution in [0.2, 0.25) is 0 Å². The first-order valence-electron chi connectivity index (χ1n) is 5.40. The van der Waals surface area contributed by atoms with Crippen molar-refractivity contribution in [3.8, 4) is 0 Å². The van der Waals surface area contributed by atoms with Crippen LogP contribution in [0.15, 0.2) is 24.5 Å². The molecule has 0 radical (unpaired) electrons. The topological polar surface area (TPSA) is 77.1 Å². The zero-order chi connectivity index (χ0) is 13.3. The molecule has 1 N–H and O–H groups in total. The Morgan fingerprint density at radius 3 is 2.67 bits per heavy atom. The average molecular weight is 247 g/mol. The molecule has 0 aliphatic carbocycles. The van der Waals surface area contributed by atoms with E-state index in [1.165, 1.54) is 17.6 Å². The van der Waals surface area contributed by atoms with Gasteiger partial charge in [0.05, 0.1) is 12.2 Å². The fraction of sp³-hybridized carbons (Fsp3) is 0.250. The second-order valence-electron chi connectivity index (χ2n) is 4.05. The first-order chi connectivity index (χ1) is 8.49. The normalized spacial score (nSPS) is 10.6. The number of hydrogen-bond acceptors (Lipinski definition) is 3. The zero-order valence-electron chi connectivity index (χ0n) is 10.1. The van der Waals surface area contributed by atoms with Crippen LogP contribution in [0.3, 0.4) is 0 Å². The summed E-state index contributed by atoms with van der Waals surface area (Å²) < 4.78 is 3.20. The molecular weight excluding hydrogens is 234 g/mol. The lowest BCUT2D eigenvalue weighted by Gasteiger charge is -2.06. The highest BCUT2D eigenvalue weighted by molar-refractivity contribution is 5.97. The van der Waals surface area contributed by atoms with E-state index in [0.717, 1.165) is 5.69 Å². The maximum Gasteiger partial charge on any atom is 0.352 e. The van der Waals surface area contributed by atoms with Crippen LogP contribution >= 0.6 is 0 Å². The third-order valence-corrected chi connectivity index (χ3v) is 2.78. The molecule has 0 atom stereocenters. The molecule has 0 aromatic carbocycles. The minimum absolute atomic E-state index is 0.0985. The molecule has 2 aromatic heterocycles. The molecule has 0 amide bonds. The number of aromatic nitrogens is 3. The first kappa shape index (κ1) is 12.1. The number of ketones is 1. The molecule has 2 heterocycles. The predicted octanol–water partition coefficient (Wildman–Crippen LogP) is 1.17. The second kappa shape index (κ2) is 4.48. The number of carboxylic acids is 1. The number of carbonyl (C=O) groups is 2. The maximum absolute atomic E-state index is 11.3. The van der Waals surface area contributed by atoms with Crippen molar-refractivity contribution in [2.75, 3.05) is 0 Å². The Balaban J connectivity index is 2.40. The van der Waals surface area contributed by atoms with E-state index in [4.69, 9.17) is 5.11 Å². The van der Waals surface area contributed by atoms with Gasteiger partial charge < -0.3 is 9.67 Å². The van der Waals surface area contributed by atoms with Gasteiger partial charge in [0.1, 0.15) is 5.69 Å². The van der Waals surface area contributed by atoms with Crippen molar-refractivity contribution in [2.45, 2.75) is 13.5 Å². The van der Waals surface area contributed by atoms with E-state index in [-0.39, 0.29) is 11.5 Å². The standard InChI is InChI=1S/C12H13N3O3/c1-8(16)9-5-11(12(17)18)15(6-9)7-10-3-4-13-14(10)2/h3-6H,7H2,1-2H3,(H,17,18). The van der Waals surface area contributed by atoms with E-state index < -0.39 is 5.97 Å². The lowest BCUT2D eigenvalue weighted by atomic mass is 10.2. The molecule has 0 saturated carbocycles. The van der Waals surface area contributed by atoms with Gasteiger partial charge in [-0.1, -0.05) is 0 Å². The minimum atomic E-state index is -1.05. The van der Waals surface area contributed by atoms with Gasteiger partial charge in [0, 0.05) is 25.0 Å². The first-order valence-corrected chi connectivity index (χ1v) is 5.40. The third kappa shape index (κ3) is 2.17. The maximum atomic E-state index is 11.3. The Hall–Kier alpha value is -2.37. The quantitative estimate of drug-likeness (QED) is 0.823. The molecule has 18 heavy (non-hydrogen) atoms. The molecule has 0 aliphatic rings. The molecule has 2 rings (SSSR count). The summed E-state index contributed by atoms with van der Waals surface area (Å²) >= 11 is 0. The lowest BCUT2D eigenvalue weighted by Crippen LogP contribution is -2.11. The molecule has 0 fully saturated rings. The third-order valence-electron chi connectivity index (χ3n) is 2.78. The molecule has 0 bridgehead atoms. The van der Waals surface area contributed by atoms with Crippen LogP contribution in [-0.2, 0) is 13.6 Å². The van der Waals surface area contributed by atoms with Crippen LogP contribution < -0.4 is 0 Å². The molecule has 94 valence electrons. The molecule has 0 saturated heterocycles. The molecule has 0 unspecified atom stereocenters. The van der Waals surface area contributed by atoms with Crippen molar-refractivity contribution in [3.63, 3.8) is 0 Å². The van der Waals surface area contributed by atoms with Gasteiger partial charge >= 0.3 is 5.97 Å². The Morgan fingerprint density at radius 1 is 1.44 bits per heavy atom. The number of nitrogens with zero attached hydrogens (tertiary/aromatic N) is 3. The van der Waals surface area contributed by atoms with E-state index in [1.807, 2.05) is 0 Å². The highest BCUT2D eigenvalue weighted by atomic mass is 16.4. The van der Waals surface area contributed by atoms with E-state index in [0.29, 0.717) is 12.1 Å². The van der Waals surface area contributed by atoms with Crippen LogP contribution in [0.25, 0.3) is 0 Å². The van der Waals surface area contributed by atoms with Crippen molar-refractivity contribution in [1.82, 2.24) is 14.3 Å². The highest BCUT2D eigenvalue weighted by Gasteiger charge is 2.15. The van der Waals surface area contributed by atoms with E-state index >= 15 is 0 Å². The van der Waals surface area contributed by atoms with Gasteiger partial charge in [-0.3, -0.25) is 9.48 Å². The Kier molecular flexibility index (Phi) is 3.01. The van der Waals surface area contributed by atoms with Crippen LogP contribution in [0.4, 0.5) is 0 Å². The highest BCUT2D eigenvalue weighted by Crippen LogP contribution is 2.12. The van der Waals surface area contributed by atoms with Gasteiger partial charge in [-0.2, -0.15) is 5.10 Å². The fourth-order valence-corrected chi connectivity index (χ4v) is 1.74. The number of aryl methyl sites for hydroxylation is 1. The number of carboxylic acid groups (broad SMARTS) is 1. The Labute approximate surface area is 103 Å². The van der Waals surface area contributed by atoms with Crippen molar-refractivity contribution >= 4 is 11.8 Å². The van der Waals surface area contributed by atoms with Crippen molar-refractivity contribution in [3.05, 3.63) is 41.5 Å². The van der Waals surface area contributed by atoms with Gasteiger partial charge in [-0.05, 0) is 19.1 Å². The Morgan fingerprint density at radius 2 is 2.17 bits per heavy atom. The number of aromatic carboxylic acids is 1. The van der Waals surface area contributed by atoms with Gasteiger partial charge in [-0.15, -0.1) is 0 Å². The Bertz CT molecular complexity index is 610. The molecular formula is C12H13N3O3. The summed E-state index contributed by atoms with van der Waals surface area (Å²) in [6.07, 6.45) is 3.20. The summed E-state index contributed by atoms with van der Waals surface area (Å²) in [4.78, 5) is 22.4. The average Bonchev–Trinajstić information content (AvgIpc) is 2.87. The molecule has 0 aliphatic heterocycles. The number of hydrogen-bond donors (Lipinski definition) is 1. The van der Waals surface area contributed by atoms with Gasteiger partial charge in [0.15, 0.2) is 5.78 Å². The summed E-state index contributed by atoms with van der Waals surface area (Å²) in [7, 11) is 1.78. The number of rotatable bonds is 4. The van der Waals surface area contributed by atoms with Crippen molar-refractivity contribution in [1.29, 1.82) is 0 Å². The summed E-state index contributed by atoms with van der Waals surface area (Å²) in [5.41, 5.74) is 1.36. The lowest BCUT2D eigenvalue weighted by molar-refractivity contribution is 0.0685. The van der Waals surface area contributed by atoms with Crippen LogP contribution in [0.5, 0.6) is 0 Å². The van der Waals surface area contributed by atoms with Crippen LogP contribution in [0.1, 0.15) is 33.5 Å². The molecule has 2 aromatic rings. The minimum Gasteiger partial charge on any atom is -0.477 e.